The van der Waals surface area contributed by atoms with Gasteiger partial charge in [0.25, 0.3) is 0 Å². The summed E-state index contributed by atoms with van der Waals surface area (Å²) in [4.78, 5) is 0. The van der Waals surface area contributed by atoms with Gasteiger partial charge in [0, 0.05) is 0 Å². The summed E-state index contributed by atoms with van der Waals surface area (Å²) in [5.74, 6) is 0.836. The van der Waals surface area contributed by atoms with Crippen molar-refractivity contribution >= 4 is 5.57 Å². The van der Waals surface area contributed by atoms with E-state index in [1.54, 1.807) is 13.4 Å². The lowest BCUT2D eigenvalue weighted by atomic mass is 10.1. The molecule has 0 amide bonds. The van der Waals surface area contributed by atoms with Crippen LogP contribution >= 0.6 is 0 Å². The number of hydrogen-bond donors (Lipinski definition) is 1. The second-order valence-corrected chi connectivity index (χ2v) is 3.12. The number of aliphatic hydroxyl groups is 1. The van der Waals surface area contributed by atoms with Crippen LogP contribution in [0, 0.1) is 0 Å². The Bertz CT molecular complexity index is 314. The third kappa shape index (κ3) is 3.64. The highest BCUT2D eigenvalue weighted by Gasteiger charge is 1.96. The number of benzene rings is 1. The molecule has 1 rings (SSSR count). The van der Waals surface area contributed by atoms with Crippen LogP contribution in [0.3, 0.4) is 0 Å². The molecule has 0 aliphatic carbocycles. The highest BCUT2D eigenvalue weighted by Crippen LogP contribution is 2.17. The van der Waals surface area contributed by atoms with Crippen molar-refractivity contribution in [2.75, 3.05) is 20.3 Å². The number of methoxy groups -OCH3 is 1. The van der Waals surface area contributed by atoms with Gasteiger partial charge in [-0.25, -0.2) is 0 Å². The average molecular weight is 208 g/mol. The molecule has 15 heavy (non-hydrogen) atoms. The van der Waals surface area contributed by atoms with Gasteiger partial charge in [-0.2, -0.15) is 0 Å². The van der Waals surface area contributed by atoms with Crippen molar-refractivity contribution in [3.05, 3.63) is 36.1 Å². The lowest BCUT2D eigenvalue weighted by Gasteiger charge is -2.04. The van der Waals surface area contributed by atoms with Crippen LogP contribution in [0.2, 0.25) is 0 Å². The Balaban J connectivity index is 2.65. The summed E-state index contributed by atoms with van der Waals surface area (Å²) in [7, 11) is 1.64. The fourth-order valence-corrected chi connectivity index (χ4v) is 1.16. The Morgan fingerprint density at radius 2 is 2.00 bits per heavy atom. The second-order valence-electron chi connectivity index (χ2n) is 3.12. The van der Waals surface area contributed by atoms with Crippen LogP contribution in [-0.2, 0) is 4.74 Å². The first-order chi connectivity index (χ1) is 7.27. The molecule has 0 bridgehead atoms. The van der Waals surface area contributed by atoms with Crippen molar-refractivity contribution in [1.82, 2.24) is 0 Å². The molecule has 1 N–H and O–H groups in total. The summed E-state index contributed by atoms with van der Waals surface area (Å²) in [6.45, 7) is 2.32. The van der Waals surface area contributed by atoms with Crippen LogP contribution in [0.5, 0.6) is 5.75 Å². The number of allylic oxidation sites excluding steroid dienone is 1. The van der Waals surface area contributed by atoms with Crippen LogP contribution in [0.15, 0.2) is 30.5 Å². The maximum Gasteiger partial charge on any atom is 0.118 e. The van der Waals surface area contributed by atoms with E-state index >= 15 is 0 Å². The van der Waals surface area contributed by atoms with E-state index in [2.05, 4.69) is 0 Å². The summed E-state index contributed by atoms with van der Waals surface area (Å²) in [5.41, 5.74) is 2.10. The van der Waals surface area contributed by atoms with E-state index in [4.69, 9.17) is 14.6 Å². The van der Waals surface area contributed by atoms with Gasteiger partial charge in [-0.05, 0) is 30.2 Å². The molecule has 0 aliphatic heterocycles. The molecule has 0 spiro atoms. The van der Waals surface area contributed by atoms with Gasteiger partial charge >= 0.3 is 0 Å². The first-order valence-corrected chi connectivity index (χ1v) is 4.81. The maximum atomic E-state index is 8.55. The van der Waals surface area contributed by atoms with Gasteiger partial charge in [-0.1, -0.05) is 12.1 Å². The van der Waals surface area contributed by atoms with Crippen LogP contribution in [-0.4, -0.2) is 25.4 Å². The zero-order valence-corrected chi connectivity index (χ0v) is 9.06. The maximum absolute atomic E-state index is 8.55. The van der Waals surface area contributed by atoms with E-state index < -0.39 is 0 Å². The fourth-order valence-electron chi connectivity index (χ4n) is 1.16. The molecule has 0 heterocycles. The van der Waals surface area contributed by atoms with Gasteiger partial charge in [-0.15, -0.1) is 0 Å². The predicted molar refractivity (Wildman–Crippen MR) is 59.7 cm³/mol. The van der Waals surface area contributed by atoms with Crippen LogP contribution in [0.1, 0.15) is 12.5 Å². The topological polar surface area (TPSA) is 38.7 Å². The van der Waals surface area contributed by atoms with E-state index in [1.165, 1.54) is 0 Å². The lowest BCUT2D eigenvalue weighted by Crippen LogP contribution is -1.93. The Kier molecular flexibility index (Phi) is 4.71. The molecule has 0 fully saturated rings. The number of rotatable bonds is 5. The Hall–Kier alpha value is -1.48. The largest absolute Gasteiger partial charge is 0.499 e. The number of hydrogen-bond acceptors (Lipinski definition) is 3. The molecule has 0 saturated heterocycles. The zero-order chi connectivity index (χ0) is 11.1. The van der Waals surface area contributed by atoms with Crippen LogP contribution in [0.25, 0.3) is 5.57 Å². The van der Waals surface area contributed by atoms with E-state index in [1.807, 2.05) is 31.2 Å². The second kappa shape index (κ2) is 6.09. The summed E-state index contributed by atoms with van der Waals surface area (Å²) < 4.78 is 10.2. The Labute approximate surface area is 90.0 Å². The minimum Gasteiger partial charge on any atom is -0.499 e. The molecule has 1 aromatic rings. The summed E-state index contributed by atoms with van der Waals surface area (Å²) >= 11 is 0. The number of ether oxygens (including phenoxy) is 2. The standard InChI is InChI=1S/C12H16O3/c1-10(9-15-8-7-13)11-3-5-12(14-2)6-4-11/h3-6,9,13H,7-8H2,1-2H3/b10-9+. The SMILES string of the molecule is COc1ccc(/C(C)=C/OCCO)cc1. The summed E-state index contributed by atoms with van der Waals surface area (Å²) in [5, 5.41) is 8.55. The molecule has 0 unspecified atom stereocenters. The third-order valence-electron chi connectivity index (χ3n) is 2.01. The van der Waals surface area contributed by atoms with Crippen molar-refractivity contribution in [2.45, 2.75) is 6.92 Å². The third-order valence-corrected chi connectivity index (χ3v) is 2.01. The monoisotopic (exact) mass is 208 g/mol. The minimum atomic E-state index is 0.0341. The molecule has 0 atom stereocenters. The van der Waals surface area contributed by atoms with Crippen LogP contribution in [0.4, 0.5) is 0 Å². The first-order valence-electron chi connectivity index (χ1n) is 4.81. The van der Waals surface area contributed by atoms with Crippen molar-refractivity contribution < 1.29 is 14.6 Å². The molecule has 0 radical (unpaired) electrons. The predicted octanol–water partition coefficient (Wildman–Crippen LogP) is 2.06. The first kappa shape index (κ1) is 11.6. The molecule has 0 saturated carbocycles. The van der Waals surface area contributed by atoms with Gasteiger partial charge in [0.1, 0.15) is 12.4 Å². The summed E-state index contributed by atoms with van der Waals surface area (Å²) in [6, 6.07) is 7.73. The van der Waals surface area contributed by atoms with Crippen molar-refractivity contribution in [2.24, 2.45) is 0 Å². The molecular weight excluding hydrogens is 192 g/mol. The van der Waals surface area contributed by atoms with Crippen molar-refractivity contribution in [3.63, 3.8) is 0 Å². The normalized spacial score (nSPS) is 11.3. The lowest BCUT2D eigenvalue weighted by molar-refractivity contribution is 0.166. The molecule has 3 heteroatoms. The Morgan fingerprint density at radius 1 is 1.33 bits per heavy atom. The van der Waals surface area contributed by atoms with Gasteiger partial charge in [-0.3, -0.25) is 0 Å². The van der Waals surface area contributed by atoms with Crippen LogP contribution < -0.4 is 4.74 Å². The molecular formula is C12H16O3. The van der Waals surface area contributed by atoms with E-state index in [-0.39, 0.29) is 6.61 Å². The molecule has 1 aromatic carbocycles. The minimum absolute atomic E-state index is 0.0341. The van der Waals surface area contributed by atoms with E-state index in [0.29, 0.717) is 6.61 Å². The fraction of sp³-hybridized carbons (Fsp3) is 0.333. The van der Waals surface area contributed by atoms with Crippen molar-refractivity contribution in [3.8, 4) is 5.75 Å². The highest BCUT2D eigenvalue weighted by atomic mass is 16.5. The summed E-state index contributed by atoms with van der Waals surface area (Å²) in [6.07, 6.45) is 1.65. The van der Waals surface area contributed by atoms with Crippen molar-refractivity contribution in [1.29, 1.82) is 0 Å². The average Bonchev–Trinajstić information content (AvgIpc) is 2.29. The number of aliphatic hydroxyl groups excluding tert-OH is 1. The van der Waals surface area contributed by atoms with Gasteiger partial charge < -0.3 is 14.6 Å². The van der Waals surface area contributed by atoms with E-state index in [9.17, 15) is 0 Å². The van der Waals surface area contributed by atoms with E-state index in [0.717, 1.165) is 16.9 Å². The van der Waals surface area contributed by atoms with Gasteiger partial charge in [0.05, 0.1) is 20.0 Å². The molecule has 82 valence electrons. The highest BCUT2D eigenvalue weighted by molar-refractivity contribution is 5.63. The molecule has 0 aliphatic rings. The zero-order valence-electron chi connectivity index (χ0n) is 9.06. The van der Waals surface area contributed by atoms with Gasteiger partial charge in [0.2, 0.25) is 0 Å². The quantitative estimate of drug-likeness (QED) is 0.594. The molecule has 3 nitrogen and oxygen atoms in total. The Morgan fingerprint density at radius 3 is 2.53 bits per heavy atom. The van der Waals surface area contributed by atoms with Gasteiger partial charge in [0.15, 0.2) is 0 Å². The smallest absolute Gasteiger partial charge is 0.118 e. The molecule has 0 aromatic heterocycles.